The number of aromatic nitrogens is 1. The van der Waals surface area contributed by atoms with E-state index in [4.69, 9.17) is 0 Å². The molecule has 0 radical (unpaired) electrons. The lowest BCUT2D eigenvalue weighted by molar-refractivity contribution is 0.240. The van der Waals surface area contributed by atoms with E-state index in [2.05, 4.69) is 15.6 Å². The molecule has 2 heterocycles. The topological polar surface area (TPSA) is 54.0 Å². The third kappa shape index (κ3) is 3.88. The van der Waals surface area contributed by atoms with Crippen LogP contribution in [0.25, 0.3) is 0 Å². The second kappa shape index (κ2) is 6.00. The summed E-state index contributed by atoms with van der Waals surface area (Å²) in [6, 6.07) is 5.58. The molecule has 2 aromatic rings. The standard InChI is InChI=1S/C12H13N3OS/c16-12(15-8-11-3-6-17-9-11)14-7-10-1-4-13-5-2-10/h1-6,9H,7-8H2,(H2,14,15,16). The summed E-state index contributed by atoms with van der Waals surface area (Å²) in [4.78, 5) is 15.4. The summed E-state index contributed by atoms with van der Waals surface area (Å²) < 4.78 is 0. The molecule has 0 atom stereocenters. The van der Waals surface area contributed by atoms with E-state index in [-0.39, 0.29) is 6.03 Å². The first-order valence-electron chi connectivity index (χ1n) is 5.26. The zero-order chi connectivity index (χ0) is 11.9. The number of nitrogens with one attached hydrogen (secondary N) is 2. The Morgan fingerprint density at radius 1 is 1.12 bits per heavy atom. The Morgan fingerprint density at radius 3 is 2.47 bits per heavy atom. The summed E-state index contributed by atoms with van der Waals surface area (Å²) >= 11 is 1.62. The maximum Gasteiger partial charge on any atom is 0.315 e. The third-order valence-electron chi connectivity index (χ3n) is 2.24. The van der Waals surface area contributed by atoms with E-state index in [1.807, 2.05) is 29.0 Å². The number of thiophene rings is 1. The van der Waals surface area contributed by atoms with Crippen molar-refractivity contribution in [2.45, 2.75) is 13.1 Å². The minimum Gasteiger partial charge on any atom is -0.334 e. The number of carbonyl (C=O) groups excluding carboxylic acids is 1. The average Bonchev–Trinajstić information content (AvgIpc) is 2.88. The zero-order valence-corrected chi connectivity index (χ0v) is 10.0. The fourth-order valence-corrected chi connectivity index (χ4v) is 1.99. The predicted molar refractivity (Wildman–Crippen MR) is 67.6 cm³/mol. The molecule has 17 heavy (non-hydrogen) atoms. The molecule has 2 N–H and O–H groups in total. The molecular formula is C12H13N3OS. The van der Waals surface area contributed by atoms with Crippen molar-refractivity contribution in [1.82, 2.24) is 15.6 Å². The first kappa shape index (κ1) is 11.6. The van der Waals surface area contributed by atoms with Crippen molar-refractivity contribution in [2.24, 2.45) is 0 Å². The predicted octanol–water partition coefficient (Wildman–Crippen LogP) is 2.14. The minimum atomic E-state index is -0.159. The molecule has 0 spiro atoms. The molecule has 0 saturated heterocycles. The van der Waals surface area contributed by atoms with Crippen LogP contribution < -0.4 is 10.6 Å². The smallest absolute Gasteiger partial charge is 0.315 e. The Hall–Kier alpha value is -1.88. The molecule has 4 nitrogen and oxygen atoms in total. The van der Waals surface area contributed by atoms with Gasteiger partial charge in [0.2, 0.25) is 0 Å². The zero-order valence-electron chi connectivity index (χ0n) is 9.22. The molecule has 0 aliphatic heterocycles. The molecule has 0 aromatic carbocycles. The number of urea groups is 1. The number of amides is 2. The van der Waals surface area contributed by atoms with E-state index in [0.717, 1.165) is 11.1 Å². The van der Waals surface area contributed by atoms with Gasteiger partial charge < -0.3 is 10.6 Å². The van der Waals surface area contributed by atoms with Gasteiger partial charge in [0.05, 0.1) is 0 Å². The van der Waals surface area contributed by atoms with Gasteiger partial charge in [0.15, 0.2) is 0 Å². The van der Waals surface area contributed by atoms with Gasteiger partial charge in [0.1, 0.15) is 0 Å². The van der Waals surface area contributed by atoms with E-state index in [1.165, 1.54) is 0 Å². The van der Waals surface area contributed by atoms with Crippen molar-refractivity contribution < 1.29 is 4.79 Å². The minimum absolute atomic E-state index is 0.159. The summed E-state index contributed by atoms with van der Waals surface area (Å²) in [5.41, 5.74) is 2.15. The highest BCUT2D eigenvalue weighted by Crippen LogP contribution is 2.04. The van der Waals surface area contributed by atoms with Gasteiger partial charge in [-0.3, -0.25) is 4.98 Å². The Morgan fingerprint density at radius 2 is 1.82 bits per heavy atom. The molecular weight excluding hydrogens is 234 g/mol. The Kier molecular flexibility index (Phi) is 4.10. The van der Waals surface area contributed by atoms with Crippen LogP contribution in [-0.4, -0.2) is 11.0 Å². The summed E-state index contributed by atoms with van der Waals surface area (Å²) in [5, 5.41) is 9.59. The van der Waals surface area contributed by atoms with E-state index < -0.39 is 0 Å². The number of hydrogen-bond acceptors (Lipinski definition) is 3. The fourth-order valence-electron chi connectivity index (χ4n) is 1.32. The molecule has 88 valence electrons. The van der Waals surface area contributed by atoms with Gasteiger partial charge in [0.25, 0.3) is 0 Å². The molecule has 0 bridgehead atoms. The monoisotopic (exact) mass is 247 g/mol. The van der Waals surface area contributed by atoms with Crippen LogP contribution in [0.3, 0.4) is 0 Å². The van der Waals surface area contributed by atoms with E-state index >= 15 is 0 Å². The Labute approximate surface area is 104 Å². The van der Waals surface area contributed by atoms with Crippen LogP contribution in [0.5, 0.6) is 0 Å². The highest BCUT2D eigenvalue weighted by molar-refractivity contribution is 7.07. The number of pyridine rings is 1. The van der Waals surface area contributed by atoms with Crippen molar-refractivity contribution in [3.63, 3.8) is 0 Å². The summed E-state index contributed by atoms with van der Waals surface area (Å²) in [5.74, 6) is 0. The third-order valence-corrected chi connectivity index (χ3v) is 2.97. The summed E-state index contributed by atoms with van der Waals surface area (Å²) in [6.45, 7) is 1.07. The van der Waals surface area contributed by atoms with Crippen molar-refractivity contribution in [3.05, 3.63) is 52.5 Å². The highest BCUT2D eigenvalue weighted by atomic mass is 32.1. The molecule has 2 rings (SSSR count). The van der Waals surface area contributed by atoms with Gasteiger partial charge in [0, 0.05) is 25.5 Å². The lowest BCUT2D eigenvalue weighted by Gasteiger charge is -2.06. The molecule has 2 aromatic heterocycles. The first-order chi connectivity index (χ1) is 8.34. The van der Waals surface area contributed by atoms with Crippen molar-refractivity contribution in [2.75, 3.05) is 0 Å². The number of carbonyl (C=O) groups is 1. The molecule has 2 amide bonds. The van der Waals surface area contributed by atoms with Crippen LogP contribution in [0.1, 0.15) is 11.1 Å². The van der Waals surface area contributed by atoms with Gasteiger partial charge in [-0.1, -0.05) is 0 Å². The summed E-state index contributed by atoms with van der Waals surface area (Å²) in [7, 11) is 0. The maximum absolute atomic E-state index is 11.5. The van der Waals surface area contributed by atoms with Gasteiger partial charge in [-0.15, -0.1) is 0 Å². The Balaban J connectivity index is 1.71. The van der Waals surface area contributed by atoms with Gasteiger partial charge >= 0.3 is 6.03 Å². The van der Waals surface area contributed by atoms with Crippen LogP contribution in [-0.2, 0) is 13.1 Å². The molecule has 0 aliphatic carbocycles. The quantitative estimate of drug-likeness (QED) is 0.869. The van der Waals surface area contributed by atoms with Crippen molar-refractivity contribution >= 4 is 17.4 Å². The van der Waals surface area contributed by atoms with Crippen LogP contribution in [0.2, 0.25) is 0 Å². The van der Waals surface area contributed by atoms with Gasteiger partial charge in [-0.2, -0.15) is 11.3 Å². The highest BCUT2D eigenvalue weighted by Gasteiger charge is 2.00. The fraction of sp³-hybridized carbons (Fsp3) is 0.167. The molecule has 0 aliphatic rings. The van der Waals surface area contributed by atoms with Gasteiger partial charge in [-0.05, 0) is 40.1 Å². The van der Waals surface area contributed by atoms with E-state index in [9.17, 15) is 4.79 Å². The normalized spacial score (nSPS) is 9.88. The second-order valence-corrected chi connectivity index (χ2v) is 4.30. The Bertz CT molecular complexity index is 456. The summed E-state index contributed by atoms with van der Waals surface area (Å²) in [6.07, 6.45) is 3.42. The largest absolute Gasteiger partial charge is 0.334 e. The lowest BCUT2D eigenvalue weighted by atomic mass is 10.3. The molecule has 5 heteroatoms. The number of hydrogen-bond donors (Lipinski definition) is 2. The van der Waals surface area contributed by atoms with Crippen LogP contribution >= 0.6 is 11.3 Å². The number of nitrogens with zero attached hydrogens (tertiary/aromatic N) is 1. The van der Waals surface area contributed by atoms with Crippen molar-refractivity contribution in [1.29, 1.82) is 0 Å². The SMILES string of the molecule is O=C(NCc1ccncc1)NCc1ccsc1. The lowest BCUT2D eigenvalue weighted by Crippen LogP contribution is -2.34. The van der Waals surface area contributed by atoms with Gasteiger partial charge in [-0.25, -0.2) is 4.79 Å². The molecule has 0 fully saturated rings. The molecule has 0 saturated carbocycles. The average molecular weight is 247 g/mol. The number of rotatable bonds is 4. The molecule has 0 unspecified atom stereocenters. The van der Waals surface area contributed by atoms with Crippen LogP contribution in [0.4, 0.5) is 4.79 Å². The first-order valence-corrected chi connectivity index (χ1v) is 6.20. The van der Waals surface area contributed by atoms with E-state index in [1.54, 1.807) is 23.7 Å². The van der Waals surface area contributed by atoms with Crippen LogP contribution in [0, 0.1) is 0 Å². The van der Waals surface area contributed by atoms with Crippen molar-refractivity contribution in [3.8, 4) is 0 Å². The maximum atomic E-state index is 11.5. The van der Waals surface area contributed by atoms with E-state index in [0.29, 0.717) is 13.1 Å². The second-order valence-electron chi connectivity index (χ2n) is 3.52. The van der Waals surface area contributed by atoms with Crippen LogP contribution in [0.15, 0.2) is 41.4 Å².